The highest BCUT2D eigenvalue weighted by atomic mass is 127. The van der Waals surface area contributed by atoms with Gasteiger partial charge in [0.2, 0.25) is 0 Å². The van der Waals surface area contributed by atoms with Crippen molar-refractivity contribution >= 4 is 57.5 Å². The Morgan fingerprint density at radius 3 is 2.66 bits per heavy atom. The second-order valence-corrected chi connectivity index (χ2v) is 8.98. The average Bonchev–Trinajstić information content (AvgIpc) is 3.01. The predicted molar refractivity (Wildman–Crippen MR) is 131 cm³/mol. The predicted octanol–water partition coefficient (Wildman–Crippen LogP) is 4.79. The first-order chi connectivity index (χ1) is 15.3. The van der Waals surface area contributed by atoms with E-state index in [2.05, 4.69) is 22.6 Å². The molecular weight excluding hydrogens is 545 g/mol. The molecule has 0 radical (unpaired) electrons. The number of carbonyl (C=O) groups excluding carboxylic acids is 3. The fraction of sp³-hybridized carbons (Fsp3) is 0.261. The van der Waals surface area contributed by atoms with Gasteiger partial charge in [0, 0.05) is 0 Å². The number of benzene rings is 2. The molecule has 0 bridgehead atoms. The van der Waals surface area contributed by atoms with Gasteiger partial charge in [-0.15, -0.1) is 0 Å². The maximum Gasteiger partial charge on any atom is 0.344 e. The molecule has 1 heterocycles. The largest absolute Gasteiger partial charge is 0.493 e. The topological polar surface area (TPSA) is 82.1 Å². The van der Waals surface area contributed by atoms with Crippen LogP contribution in [0.15, 0.2) is 41.3 Å². The number of carbonyl (C=O) groups is 3. The van der Waals surface area contributed by atoms with Gasteiger partial charge in [-0.2, -0.15) is 0 Å². The fourth-order valence-corrected chi connectivity index (χ4v) is 4.66. The minimum atomic E-state index is -0.475. The van der Waals surface area contributed by atoms with Crippen LogP contribution in [0, 0.1) is 10.5 Å². The van der Waals surface area contributed by atoms with Gasteiger partial charge in [-0.1, -0.05) is 24.3 Å². The Bertz CT molecular complexity index is 1080. The molecule has 32 heavy (non-hydrogen) atoms. The van der Waals surface area contributed by atoms with Gasteiger partial charge in [-0.3, -0.25) is 14.5 Å². The summed E-state index contributed by atoms with van der Waals surface area (Å²) in [5.41, 5.74) is 2.62. The molecule has 0 spiro atoms. The smallest absolute Gasteiger partial charge is 0.344 e. The van der Waals surface area contributed by atoms with Crippen LogP contribution in [-0.2, 0) is 20.9 Å². The number of amides is 2. The van der Waals surface area contributed by atoms with Crippen LogP contribution in [0.1, 0.15) is 23.6 Å². The number of aryl methyl sites for hydroxylation is 1. The van der Waals surface area contributed by atoms with Crippen LogP contribution in [0.25, 0.3) is 6.08 Å². The molecule has 0 N–H and O–H groups in total. The molecule has 7 nitrogen and oxygen atoms in total. The highest BCUT2D eigenvalue weighted by Crippen LogP contribution is 2.37. The lowest BCUT2D eigenvalue weighted by atomic mass is 10.1. The molecule has 1 fully saturated rings. The van der Waals surface area contributed by atoms with E-state index in [1.54, 1.807) is 25.1 Å². The lowest BCUT2D eigenvalue weighted by molar-refractivity contribution is -0.145. The maximum absolute atomic E-state index is 12.9. The zero-order valence-corrected chi connectivity index (χ0v) is 20.8. The van der Waals surface area contributed by atoms with E-state index in [0.717, 1.165) is 22.9 Å². The molecule has 2 amide bonds. The van der Waals surface area contributed by atoms with Crippen LogP contribution in [0.5, 0.6) is 11.5 Å². The van der Waals surface area contributed by atoms with Crippen LogP contribution < -0.4 is 9.47 Å². The number of esters is 1. The number of rotatable bonds is 8. The van der Waals surface area contributed by atoms with Crippen molar-refractivity contribution in [1.82, 2.24) is 4.90 Å². The van der Waals surface area contributed by atoms with Gasteiger partial charge in [-0.25, -0.2) is 4.79 Å². The van der Waals surface area contributed by atoms with E-state index in [0.29, 0.717) is 25.5 Å². The summed E-state index contributed by atoms with van der Waals surface area (Å²) in [6.07, 6.45) is 1.66. The van der Waals surface area contributed by atoms with Crippen LogP contribution in [0.4, 0.5) is 4.79 Å². The van der Waals surface area contributed by atoms with E-state index in [9.17, 15) is 14.4 Å². The number of hydrogen-bond donors (Lipinski definition) is 0. The van der Waals surface area contributed by atoms with E-state index in [1.807, 2.05) is 31.2 Å². The molecule has 0 aliphatic carbocycles. The number of thioether (sulfide) groups is 1. The van der Waals surface area contributed by atoms with Gasteiger partial charge in [0.05, 0.1) is 28.7 Å². The summed E-state index contributed by atoms with van der Waals surface area (Å²) in [5, 5.41) is -0.305. The van der Waals surface area contributed by atoms with Crippen molar-refractivity contribution in [3.8, 4) is 11.5 Å². The van der Waals surface area contributed by atoms with E-state index >= 15 is 0 Å². The fourth-order valence-electron chi connectivity index (χ4n) is 3.04. The summed E-state index contributed by atoms with van der Waals surface area (Å²) in [5.74, 6) is 0.00849. The number of methoxy groups -OCH3 is 1. The molecule has 3 rings (SSSR count). The number of halogens is 1. The monoisotopic (exact) mass is 567 g/mol. The van der Waals surface area contributed by atoms with Crippen molar-refractivity contribution in [3.05, 3.63) is 61.6 Å². The maximum atomic E-state index is 12.9. The highest BCUT2D eigenvalue weighted by molar-refractivity contribution is 14.1. The standard InChI is InChI=1S/C23H22INO6S/c1-4-30-20(26)13-31-21-17(24)9-15(10-18(21)29-3)11-19-22(27)25(23(28)32-19)12-16-8-6-5-7-14(16)2/h5-11H,4,12-13H2,1-3H3/b19-11-. The molecule has 0 atom stereocenters. The van der Waals surface area contributed by atoms with E-state index < -0.39 is 5.97 Å². The van der Waals surface area contributed by atoms with Crippen molar-refractivity contribution in [2.24, 2.45) is 0 Å². The molecule has 1 saturated heterocycles. The second-order valence-electron chi connectivity index (χ2n) is 6.82. The summed E-state index contributed by atoms with van der Waals surface area (Å²) in [4.78, 5) is 38.6. The zero-order valence-electron chi connectivity index (χ0n) is 17.8. The molecular formula is C23H22INO6S. The first-order valence-electron chi connectivity index (χ1n) is 9.79. The third-order valence-electron chi connectivity index (χ3n) is 4.65. The van der Waals surface area contributed by atoms with E-state index in [1.165, 1.54) is 12.0 Å². The molecule has 2 aromatic rings. The number of imide groups is 1. The minimum absolute atomic E-state index is 0.232. The normalized spacial score (nSPS) is 14.8. The average molecular weight is 567 g/mol. The summed E-state index contributed by atoms with van der Waals surface area (Å²) < 4.78 is 16.5. The third-order valence-corrected chi connectivity index (χ3v) is 6.36. The summed E-state index contributed by atoms with van der Waals surface area (Å²) >= 11 is 2.97. The van der Waals surface area contributed by atoms with E-state index in [-0.39, 0.29) is 30.9 Å². The molecule has 9 heteroatoms. The van der Waals surface area contributed by atoms with Crippen LogP contribution >= 0.6 is 34.4 Å². The van der Waals surface area contributed by atoms with Gasteiger partial charge in [-0.05, 0) is 83.1 Å². The van der Waals surface area contributed by atoms with E-state index in [4.69, 9.17) is 14.2 Å². The Morgan fingerprint density at radius 2 is 1.97 bits per heavy atom. The van der Waals surface area contributed by atoms with Crippen LogP contribution in [0.2, 0.25) is 0 Å². The zero-order chi connectivity index (χ0) is 23.3. The van der Waals surface area contributed by atoms with Crippen molar-refractivity contribution in [2.45, 2.75) is 20.4 Å². The third kappa shape index (κ3) is 5.63. The second kappa shape index (κ2) is 10.9. The summed E-state index contributed by atoms with van der Waals surface area (Å²) in [6, 6.07) is 11.1. The first kappa shape index (κ1) is 24.1. The lowest BCUT2D eigenvalue weighted by Gasteiger charge is -2.14. The van der Waals surface area contributed by atoms with Crippen molar-refractivity contribution in [2.75, 3.05) is 20.3 Å². The van der Waals surface area contributed by atoms with Gasteiger partial charge in [0.1, 0.15) is 0 Å². The van der Waals surface area contributed by atoms with Crippen molar-refractivity contribution in [3.63, 3.8) is 0 Å². The molecule has 0 saturated carbocycles. The van der Waals surface area contributed by atoms with Crippen LogP contribution in [0.3, 0.4) is 0 Å². The summed E-state index contributed by atoms with van der Waals surface area (Å²) in [7, 11) is 1.49. The van der Waals surface area contributed by atoms with Crippen molar-refractivity contribution < 1.29 is 28.6 Å². The van der Waals surface area contributed by atoms with Gasteiger partial charge in [0.15, 0.2) is 18.1 Å². The first-order valence-corrected chi connectivity index (χ1v) is 11.7. The van der Waals surface area contributed by atoms with Gasteiger partial charge < -0.3 is 14.2 Å². The molecule has 2 aromatic carbocycles. The van der Waals surface area contributed by atoms with Gasteiger partial charge >= 0.3 is 5.97 Å². The molecule has 0 aromatic heterocycles. The van der Waals surface area contributed by atoms with Gasteiger partial charge in [0.25, 0.3) is 11.1 Å². The lowest BCUT2D eigenvalue weighted by Crippen LogP contribution is -2.27. The quantitative estimate of drug-likeness (QED) is 0.258. The SMILES string of the molecule is CCOC(=O)COc1c(I)cc(/C=C2\SC(=O)N(Cc3ccccc3C)C2=O)cc1OC. The molecule has 168 valence electrons. The minimum Gasteiger partial charge on any atom is -0.493 e. The Balaban J connectivity index is 1.81. The highest BCUT2D eigenvalue weighted by Gasteiger charge is 2.35. The molecule has 1 aliphatic rings. The number of nitrogens with zero attached hydrogens (tertiary/aromatic N) is 1. The Hall–Kier alpha value is -2.53. The Labute approximate surface area is 204 Å². The number of ether oxygens (including phenoxy) is 3. The van der Waals surface area contributed by atoms with Crippen LogP contribution in [-0.4, -0.2) is 42.3 Å². The summed E-state index contributed by atoms with van der Waals surface area (Å²) in [6.45, 7) is 3.94. The molecule has 0 unspecified atom stereocenters. The Morgan fingerprint density at radius 1 is 1.22 bits per heavy atom. The number of hydrogen-bond acceptors (Lipinski definition) is 7. The Kier molecular flexibility index (Phi) is 8.19. The van der Waals surface area contributed by atoms with Crippen molar-refractivity contribution in [1.29, 1.82) is 0 Å². The molecule has 1 aliphatic heterocycles.